The number of benzene rings is 1. The third kappa shape index (κ3) is 4.10. The quantitative estimate of drug-likeness (QED) is 0.743. The number of aryl methyl sites for hydroxylation is 1. The van der Waals surface area contributed by atoms with E-state index in [2.05, 4.69) is 0 Å². The van der Waals surface area contributed by atoms with Crippen LogP contribution in [0.2, 0.25) is 0 Å². The fourth-order valence-corrected chi connectivity index (χ4v) is 6.66. The van der Waals surface area contributed by atoms with E-state index < -0.39 is 25.8 Å². The summed E-state index contributed by atoms with van der Waals surface area (Å²) in [4.78, 5) is 14.5. The predicted molar refractivity (Wildman–Crippen MR) is 97.9 cm³/mol. The number of sulfone groups is 1. The van der Waals surface area contributed by atoms with Gasteiger partial charge in [-0.2, -0.15) is 4.31 Å². The highest BCUT2D eigenvalue weighted by Gasteiger charge is 2.36. The summed E-state index contributed by atoms with van der Waals surface area (Å²) in [6.07, 6.45) is 0.902. The fraction of sp³-hybridized carbons (Fsp3) is 0.588. The molecule has 0 radical (unpaired) electrons. The lowest BCUT2D eigenvalue weighted by Crippen LogP contribution is -2.40. The minimum absolute atomic E-state index is 0.0607. The van der Waals surface area contributed by atoms with Crippen LogP contribution in [0.15, 0.2) is 29.2 Å². The Kier molecular flexibility index (Phi) is 5.41. The van der Waals surface area contributed by atoms with Gasteiger partial charge in [0.05, 0.1) is 22.3 Å². The van der Waals surface area contributed by atoms with Crippen LogP contribution in [-0.4, -0.2) is 69.6 Å². The van der Waals surface area contributed by atoms with Gasteiger partial charge in [-0.05, 0) is 31.9 Å². The molecule has 0 N–H and O–H groups in total. The number of rotatable bonds is 3. The van der Waals surface area contributed by atoms with E-state index in [0.29, 0.717) is 32.5 Å². The van der Waals surface area contributed by atoms with Crippen molar-refractivity contribution in [2.45, 2.75) is 24.7 Å². The Bertz CT molecular complexity index is 878. The molecule has 1 amide bonds. The second-order valence-electron chi connectivity index (χ2n) is 7.00. The Labute approximate surface area is 155 Å². The molecule has 9 heteroatoms. The zero-order chi connectivity index (χ0) is 18.9. The van der Waals surface area contributed by atoms with Gasteiger partial charge < -0.3 is 4.90 Å². The number of nitrogens with zero attached hydrogens (tertiary/aromatic N) is 2. The largest absolute Gasteiger partial charge is 0.341 e. The maximum Gasteiger partial charge on any atom is 0.243 e. The topological polar surface area (TPSA) is 91.8 Å². The Hall–Kier alpha value is -1.45. The van der Waals surface area contributed by atoms with E-state index in [0.717, 1.165) is 5.56 Å². The van der Waals surface area contributed by atoms with Crippen LogP contribution in [0.4, 0.5) is 0 Å². The van der Waals surface area contributed by atoms with Crippen LogP contribution in [0.25, 0.3) is 0 Å². The molecule has 2 heterocycles. The molecule has 7 nitrogen and oxygen atoms in total. The maximum atomic E-state index is 12.8. The molecule has 2 saturated heterocycles. The first-order valence-corrected chi connectivity index (χ1v) is 12.0. The third-order valence-corrected chi connectivity index (χ3v) is 8.69. The van der Waals surface area contributed by atoms with Gasteiger partial charge in [0.2, 0.25) is 15.9 Å². The highest BCUT2D eigenvalue weighted by atomic mass is 32.2. The lowest BCUT2D eigenvalue weighted by atomic mass is 10.1. The number of hydrogen-bond donors (Lipinski definition) is 0. The van der Waals surface area contributed by atoms with E-state index in [-0.39, 0.29) is 28.9 Å². The number of carbonyl (C=O) groups excluding carboxylic acids is 1. The van der Waals surface area contributed by atoms with Crippen molar-refractivity contribution >= 4 is 25.8 Å². The second-order valence-corrected chi connectivity index (χ2v) is 11.2. The van der Waals surface area contributed by atoms with Crippen LogP contribution in [0, 0.1) is 12.8 Å². The highest BCUT2D eigenvalue weighted by Crippen LogP contribution is 2.23. The zero-order valence-electron chi connectivity index (χ0n) is 14.8. The molecule has 2 fully saturated rings. The highest BCUT2D eigenvalue weighted by molar-refractivity contribution is 7.91. The summed E-state index contributed by atoms with van der Waals surface area (Å²) in [6.45, 7) is 3.22. The molecule has 26 heavy (non-hydrogen) atoms. The van der Waals surface area contributed by atoms with Crippen molar-refractivity contribution in [3.8, 4) is 0 Å². The van der Waals surface area contributed by atoms with Gasteiger partial charge in [-0.1, -0.05) is 17.7 Å². The number of sulfonamides is 1. The van der Waals surface area contributed by atoms with Crippen LogP contribution >= 0.6 is 0 Å². The molecule has 0 bridgehead atoms. The molecule has 3 rings (SSSR count). The predicted octanol–water partition coefficient (Wildman–Crippen LogP) is 0.653. The van der Waals surface area contributed by atoms with Crippen molar-refractivity contribution < 1.29 is 21.6 Å². The molecule has 1 aromatic carbocycles. The van der Waals surface area contributed by atoms with Crippen LogP contribution in [0.3, 0.4) is 0 Å². The zero-order valence-corrected chi connectivity index (χ0v) is 16.4. The van der Waals surface area contributed by atoms with E-state index in [1.165, 1.54) is 4.31 Å². The van der Waals surface area contributed by atoms with Crippen molar-refractivity contribution in [3.63, 3.8) is 0 Å². The normalized spacial score (nSPS) is 24.3. The summed E-state index contributed by atoms with van der Waals surface area (Å²) in [6, 6.07) is 6.73. The standard InChI is InChI=1S/C17H24N2O5S2/c1-14-3-5-16(6-4-14)26(23,24)19-9-2-8-18(10-11-19)17(20)15-7-12-25(21,22)13-15/h3-6,15H,2,7-13H2,1H3. The minimum atomic E-state index is -3.59. The Morgan fingerprint density at radius 1 is 1.08 bits per heavy atom. The average Bonchev–Trinajstić information content (AvgIpc) is 2.80. The molecule has 144 valence electrons. The van der Waals surface area contributed by atoms with Crippen molar-refractivity contribution in [3.05, 3.63) is 29.8 Å². The van der Waals surface area contributed by atoms with Crippen molar-refractivity contribution in [2.75, 3.05) is 37.7 Å². The molecule has 0 aromatic heterocycles. The molecule has 0 saturated carbocycles. The lowest BCUT2D eigenvalue weighted by molar-refractivity contribution is -0.134. The number of carbonyl (C=O) groups is 1. The Balaban J connectivity index is 1.68. The third-order valence-electron chi connectivity index (χ3n) is 5.01. The van der Waals surface area contributed by atoms with Gasteiger partial charge >= 0.3 is 0 Å². The van der Waals surface area contributed by atoms with E-state index >= 15 is 0 Å². The van der Waals surface area contributed by atoms with Crippen LogP contribution in [-0.2, 0) is 24.7 Å². The Morgan fingerprint density at radius 2 is 1.77 bits per heavy atom. The molecule has 1 atom stereocenters. The smallest absolute Gasteiger partial charge is 0.243 e. The molecular formula is C17H24N2O5S2. The van der Waals surface area contributed by atoms with E-state index in [4.69, 9.17) is 0 Å². The molecule has 2 aliphatic rings. The summed E-state index contributed by atoms with van der Waals surface area (Å²) in [7, 11) is -6.71. The monoisotopic (exact) mass is 400 g/mol. The first-order valence-electron chi connectivity index (χ1n) is 8.75. The molecule has 0 aliphatic carbocycles. The first-order chi connectivity index (χ1) is 12.2. The summed E-state index contributed by atoms with van der Waals surface area (Å²) in [5.41, 5.74) is 0.989. The van der Waals surface area contributed by atoms with Gasteiger partial charge in [-0.15, -0.1) is 0 Å². The van der Waals surface area contributed by atoms with E-state index in [1.54, 1.807) is 29.2 Å². The SMILES string of the molecule is Cc1ccc(S(=O)(=O)N2CCCN(C(=O)C3CCS(=O)(=O)C3)CC2)cc1. The summed E-state index contributed by atoms with van der Waals surface area (Å²) in [5, 5.41) is 0. The van der Waals surface area contributed by atoms with Crippen molar-refractivity contribution in [2.24, 2.45) is 5.92 Å². The molecule has 0 spiro atoms. The molecule has 2 aliphatic heterocycles. The van der Waals surface area contributed by atoms with Gasteiger partial charge in [0.15, 0.2) is 9.84 Å². The van der Waals surface area contributed by atoms with Gasteiger partial charge in [-0.25, -0.2) is 16.8 Å². The van der Waals surface area contributed by atoms with Gasteiger partial charge in [0.1, 0.15) is 0 Å². The lowest BCUT2D eigenvalue weighted by Gasteiger charge is -2.24. The molecular weight excluding hydrogens is 376 g/mol. The van der Waals surface area contributed by atoms with Crippen molar-refractivity contribution in [1.82, 2.24) is 9.21 Å². The number of amides is 1. The maximum absolute atomic E-state index is 12.8. The van der Waals surface area contributed by atoms with Gasteiger partial charge in [0.25, 0.3) is 0 Å². The summed E-state index contributed by atoms with van der Waals surface area (Å²) < 4.78 is 50.2. The van der Waals surface area contributed by atoms with Crippen LogP contribution in [0.1, 0.15) is 18.4 Å². The number of hydrogen-bond acceptors (Lipinski definition) is 5. The fourth-order valence-electron chi connectivity index (χ4n) is 3.46. The van der Waals surface area contributed by atoms with Crippen LogP contribution in [0.5, 0.6) is 0 Å². The first kappa shape index (κ1) is 19.3. The molecule has 1 aromatic rings. The second kappa shape index (κ2) is 7.28. The average molecular weight is 401 g/mol. The van der Waals surface area contributed by atoms with E-state index in [1.807, 2.05) is 6.92 Å². The Morgan fingerprint density at radius 3 is 2.38 bits per heavy atom. The summed E-state index contributed by atoms with van der Waals surface area (Å²) in [5.74, 6) is -0.681. The van der Waals surface area contributed by atoms with Gasteiger partial charge in [0, 0.05) is 26.2 Å². The van der Waals surface area contributed by atoms with Crippen molar-refractivity contribution in [1.29, 1.82) is 0 Å². The summed E-state index contributed by atoms with van der Waals surface area (Å²) >= 11 is 0. The molecule has 1 unspecified atom stereocenters. The van der Waals surface area contributed by atoms with Gasteiger partial charge in [-0.3, -0.25) is 4.79 Å². The van der Waals surface area contributed by atoms with Crippen LogP contribution < -0.4 is 0 Å². The van der Waals surface area contributed by atoms with E-state index in [9.17, 15) is 21.6 Å². The minimum Gasteiger partial charge on any atom is -0.341 e.